The van der Waals surface area contributed by atoms with Crippen LogP contribution in [0.2, 0.25) is 0 Å². The van der Waals surface area contributed by atoms with Gasteiger partial charge in [0.2, 0.25) is 0 Å². The fraction of sp³-hybridized carbons (Fsp3) is 0. The summed E-state index contributed by atoms with van der Waals surface area (Å²) in [6.45, 7) is 0. The molecule has 38 valence electrons. The van der Waals surface area contributed by atoms with E-state index in [9.17, 15) is 8.76 Å². The lowest BCUT2D eigenvalue weighted by Crippen LogP contribution is -1.69. The molecule has 0 saturated carbocycles. The molecule has 0 amide bonds. The van der Waals surface area contributed by atoms with Crippen LogP contribution < -0.4 is 0 Å². The lowest BCUT2D eigenvalue weighted by atomic mass is 15.9. The quantitative estimate of drug-likeness (QED) is 0.351. The summed E-state index contributed by atoms with van der Waals surface area (Å²) in [7, 11) is -1.81. The first-order valence-corrected chi connectivity index (χ1v) is 4.55. The van der Waals surface area contributed by atoms with Gasteiger partial charge in [-0.15, -0.1) is 0 Å². The number of rotatable bonds is 2. The van der Waals surface area contributed by atoms with Gasteiger partial charge in [-0.3, -0.25) is 4.21 Å². The smallest absolute Gasteiger partial charge is 0.0725 e. The molecule has 0 aromatic rings. The molecular weight excluding hydrogens is 144 g/mol. The van der Waals surface area contributed by atoms with Gasteiger partial charge in [0.05, 0.1) is 11.1 Å². The maximum Gasteiger partial charge on any atom is 0.0725 e. The molecule has 0 rings (SSSR count). The predicted octanol–water partition coefficient (Wildman–Crippen LogP) is 0.635. The summed E-state index contributed by atoms with van der Waals surface area (Å²) in [5, 5.41) is 0. The van der Waals surface area contributed by atoms with Crippen LogP contribution in [0.15, 0.2) is 0 Å². The van der Waals surface area contributed by atoms with E-state index < -0.39 is 10.1 Å². The highest BCUT2D eigenvalue weighted by Crippen LogP contribution is 2.18. The molecule has 0 radical (unpaired) electrons. The van der Waals surface area contributed by atoms with Gasteiger partial charge in [0.25, 0.3) is 0 Å². The van der Waals surface area contributed by atoms with Crippen LogP contribution in [0.5, 0.6) is 0 Å². The molecule has 0 aliphatic rings. The highest BCUT2D eigenvalue weighted by atomic mass is 33.5. The second-order valence-corrected chi connectivity index (χ2v) is 3.94. The van der Waals surface area contributed by atoms with E-state index in [1.165, 1.54) is 0 Å². The van der Waals surface area contributed by atoms with Crippen molar-refractivity contribution < 1.29 is 13.3 Å². The highest BCUT2D eigenvalue weighted by molar-refractivity contribution is 9.03. The Bertz CT molecular complexity index is 50.0. The van der Waals surface area contributed by atoms with Crippen molar-refractivity contribution in [2.24, 2.45) is 0 Å². The van der Waals surface area contributed by atoms with E-state index in [1.807, 2.05) is 0 Å². The largest absolute Gasteiger partial charge is 0.763 e. The second kappa shape index (κ2) is 3.94. The molecule has 0 aromatic heterocycles. The summed E-state index contributed by atoms with van der Waals surface area (Å²) in [6.07, 6.45) is 0. The third-order valence-electron chi connectivity index (χ3n) is 0.0860. The third-order valence-corrected chi connectivity index (χ3v) is 2.32. The van der Waals surface area contributed by atoms with Gasteiger partial charge in [-0.1, -0.05) is 0 Å². The van der Waals surface area contributed by atoms with E-state index >= 15 is 0 Å². The van der Waals surface area contributed by atoms with Crippen molar-refractivity contribution >= 4 is 31.0 Å². The third kappa shape index (κ3) is 4.77. The molecule has 0 aromatic carbocycles. The zero-order chi connectivity index (χ0) is 4.99. The Morgan fingerprint density at radius 2 is 2.33 bits per heavy atom. The van der Waals surface area contributed by atoms with E-state index in [0.717, 1.165) is 0 Å². The molecule has 0 bridgehead atoms. The van der Waals surface area contributed by atoms with Crippen molar-refractivity contribution in [2.75, 3.05) is 0 Å². The summed E-state index contributed by atoms with van der Waals surface area (Å²) in [5.74, 6) is 0. The summed E-state index contributed by atoms with van der Waals surface area (Å²) < 4.78 is 26.5. The number of hydrogen-bond acceptors (Lipinski definition) is 5. The molecule has 0 fully saturated rings. The van der Waals surface area contributed by atoms with Gasteiger partial charge in [-0.25, -0.2) is 0 Å². The molecule has 0 saturated heterocycles. The van der Waals surface area contributed by atoms with Gasteiger partial charge in [0.15, 0.2) is 0 Å². The van der Waals surface area contributed by atoms with Gasteiger partial charge in [0, 0.05) is 19.9 Å². The normalized spacial score (nSPS) is 14.3. The van der Waals surface area contributed by atoms with Gasteiger partial charge in [-0.2, -0.15) is 0 Å². The van der Waals surface area contributed by atoms with Gasteiger partial charge >= 0.3 is 0 Å². The molecule has 0 aliphatic carbocycles. The van der Waals surface area contributed by atoms with Crippen molar-refractivity contribution in [1.82, 2.24) is 0 Å². The van der Waals surface area contributed by atoms with Crippen LogP contribution in [0, 0.1) is 0 Å². The van der Waals surface area contributed by atoms with Gasteiger partial charge < -0.3 is 9.11 Å². The van der Waals surface area contributed by atoms with Crippen molar-refractivity contribution in [1.29, 1.82) is 0 Å². The molecule has 1 atom stereocenters. The fourth-order valence-electron chi connectivity index (χ4n) is 0.0248. The lowest BCUT2D eigenvalue weighted by molar-refractivity contribution is 0.553. The van der Waals surface area contributed by atoms with Gasteiger partial charge in [-0.05, 0) is 0 Å². The lowest BCUT2D eigenvalue weighted by Gasteiger charge is -1.94. The Hall–Kier alpha value is 0.770. The zero-order valence-electron chi connectivity index (χ0n) is 2.49. The van der Waals surface area contributed by atoms with Crippen LogP contribution in [-0.2, 0) is 10.1 Å². The molecule has 1 N–H and O–H groups in total. The summed E-state index contributed by atoms with van der Waals surface area (Å²) in [4.78, 5) is 0. The first-order valence-electron chi connectivity index (χ1n) is 0.849. The van der Waals surface area contributed by atoms with Crippen LogP contribution in [0.25, 0.3) is 0 Å². The Morgan fingerprint density at radius 3 is 2.33 bits per heavy atom. The fourth-order valence-corrected chi connectivity index (χ4v) is 0.671. The van der Waals surface area contributed by atoms with E-state index in [2.05, 4.69) is 0 Å². The van der Waals surface area contributed by atoms with E-state index in [-0.39, 0.29) is 11.1 Å². The number of hydrogen-bond donors (Lipinski definition) is 1. The van der Waals surface area contributed by atoms with Crippen molar-refractivity contribution in [3.63, 3.8) is 0 Å². The maximum atomic E-state index is 9.38. The van der Waals surface area contributed by atoms with Crippen LogP contribution >= 0.6 is 20.9 Å². The highest BCUT2D eigenvalue weighted by Gasteiger charge is 1.76. The van der Waals surface area contributed by atoms with E-state index in [1.54, 1.807) is 0 Å². The first kappa shape index (κ1) is 6.77. The SMILES string of the molecule is O=S([O-])SSO. The van der Waals surface area contributed by atoms with Crippen LogP contribution in [0.3, 0.4) is 0 Å². The average molecular weight is 145 g/mol. The molecule has 3 nitrogen and oxygen atoms in total. The molecule has 0 spiro atoms. The standard InChI is InChI=1S/H2O3S3/c1-4-5-6(2)3/h1H,(H,2,3)/p-1. The average Bonchev–Trinajstić information content (AvgIpc) is 1.35. The predicted molar refractivity (Wildman–Crippen MR) is 26.7 cm³/mol. The topological polar surface area (TPSA) is 60.4 Å². The first-order chi connectivity index (χ1) is 2.77. The minimum absolute atomic E-state index is 0.214. The van der Waals surface area contributed by atoms with Crippen molar-refractivity contribution in [2.45, 2.75) is 0 Å². The summed E-state index contributed by atoms with van der Waals surface area (Å²) >= 11 is 0.214. The Kier molecular flexibility index (Phi) is 4.45. The second-order valence-electron chi connectivity index (χ2n) is 0.347. The minimum Gasteiger partial charge on any atom is -0.763 e. The Labute approximate surface area is 44.8 Å². The van der Waals surface area contributed by atoms with Gasteiger partial charge in [0.1, 0.15) is 0 Å². The van der Waals surface area contributed by atoms with E-state index in [0.29, 0.717) is 9.83 Å². The molecule has 1 unspecified atom stereocenters. The minimum atomic E-state index is -2.19. The Balaban J connectivity index is 2.83. The summed E-state index contributed by atoms with van der Waals surface area (Å²) in [6, 6.07) is 0. The Morgan fingerprint density at radius 1 is 1.83 bits per heavy atom. The van der Waals surface area contributed by atoms with Crippen LogP contribution in [0.1, 0.15) is 0 Å². The molecule has 0 aliphatic heterocycles. The molecular formula is HO3S3-. The monoisotopic (exact) mass is 145 g/mol. The maximum absolute atomic E-state index is 9.38. The zero-order valence-corrected chi connectivity index (χ0v) is 4.94. The molecule has 0 heterocycles. The molecule has 6 heteroatoms. The van der Waals surface area contributed by atoms with Crippen molar-refractivity contribution in [3.05, 3.63) is 0 Å². The van der Waals surface area contributed by atoms with Crippen molar-refractivity contribution in [3.8, 4) is 0 Å². The molecule has 6 heavy (non-hydrogen) atoms. The van der Waals surface area contributed by atoms with E-state index in [4.69, 9.17) is 4.55 Å². The summed E-state index contributed by atoms with van der Waals surface area (Å²) in [5.41, 5.74) is 0. The van der Waals surface area contributed by atoms with Crippen LogP contribution in [-0.4, -0.2) is 13.3 Å². The van der Waals surface area contributed by atoms with Crippen LogP contribution in [0.4, 0.5) is 0 Å².